The number of likely N-dealkylation sites (N-methyl/N-ethyl adjacent to an activating group) is 1. The largest absolute Gasteiger partial charge is 0.481 e. The van der Waals surface area contributed by atoms with Crippen molar-refractivity contribution in [2.24, 2.45) is 5.92 Å². The maximum absolute atomic E-state index is 12.3. The molecule has 1 saturated heterocycles. The molecule has 0 bridgehead atoms. The number of urea groups is 1. The standard InChI is InChI=1S/C12H22N2O4/c1-8-9(10(16)17)5-6-14(8)11(18)13(4)12(2,3)7-15/h8-9,15H,5-7H2,1-4H3,(H,16,17). The smallest absolute Gasteiger partial charge is 0.320 e. The van der Waals surface area contributed by atoms with E-state index >= 15 is 0 Å². The van der Waals surface area contributed by atoms with E-state index in [-0.39, 0.29) is 18.7 Å². The van der Waals surface area contributed by atoms with Crippen LogP contribution in [0.1, 0.15) is 27.2 Å². The Morgan fingerprint density at radius 3 is 2.39 bits per heavy atom. The molecule has 0 aromatic heterocycles. The molecule has 0 saturated carbocycles. The van der Waals surface area contributed by atoms with Gasteiger partial charge in [0.2, 0.25) is 0 Å². The Labute approximate surface area is 107 Å². The molecule has 2 N–H and O–H groups in total. The Morgan fingerprint density at radius 1 is 1.44 bits per heavy atom. The number of carboxylic acids is 1. The van der Waals surface area contributed by atoms with Gasteiger partial charge in [-0.2, -0.15) is 0 Å². The summed E-state index contributed by atoms with van der Waals surface area (Å²) in [4.78, 5) is 26.3. The highest BCUT2D eigenvalue weighted by Crippen LogP contribution is 2.26. The zero-order chi connectivity index (χ0) is 14.1. The molecule has 0 aromatic rings. The summed E-state index contributed by atoms with van der Waals surface area (Å²) in [5.41, 5.74) is -0.655. The first-order chi connectivity index (χ1) is 8.22. The van der Waals surface area contributed by atoms with E-state index in [9.17, 15) is 14.7 Å². The fraction of sp³-hybridized carbons (Fsp3) is 0.833. The lowest BCUT2D eigenvalue weighted by molar-refractivity contribution is -0.142. The number of carbonyl (C=O) groups is 2. The summed E-state index contributed by atoms with van der Waals surface area (Å²) in [6, 6.07) is -0.544. The average molecular weight is 258 g/mol. The van der Waals surface area contributed by atoms with Crippen molar-refractivity contribution in [3.05, 3.63) is 0 Å². The minimum absolute atomic E-state index is 0.139. The highest BCUT2D eigenvalue weighted by molar-refractivity contribution is 5.78. The number of aliphatic carboxylic acids is 1. The van der Waals surface area contributed by atoms with Crippen LogP contribution in [0.4, 0.5) is 4.79 Å². The molecule has 1 fully saturated rings. The highest BCUT2D eigenvalue weighted by atomic mass is 16.4. The molecule has 2 amide bonds. The molecule has 6 heteroatoms. The van der Waals surface area contributed by atoms with Crippen LogP contribution in [0.2, 0.25) is 0 Å². The van der Waals surface area contributed by atoms with Crippen molar-refractivity contribution < 1.29 is 19.8 Å². The molecule has 0 aromatic carbocycles. The van der Waals surface area contributed by atoms with Crippen LogP contribution < -0.4 is 0 Å². The van der Waals surface area contributed by atoms with E-state index in [0.29, 0.717) is 13.0 Å². The lowest BCUT2D eigenvalue weighted by atomic mass is 10.0. The maximum Gasteiger partial charge on any atom is 0.320 e. The fourth-order valence-electron chi connectivity index (χ4n) is 2.10. The normalized spacial score (nSPS) is 24.2. The van der Waals surface area contributed by atoms with Crippen molar-refractivity contribution in [3.8, 4) is 0 Å². The topological polar surface area (TPSA) is 81.1 Å². The minimum Gasteiger partial charge on any atom is -0.481 e. The third kappa shape index (κ3) is 2.58. The van der Waals surface area contributed by atoms with E-state index in [4.69, 9.17) is 5.11 Å². The Kier molecular flexibility index (Phi) is 4.21. The summed E-state index contributed by atoms with van der Waals surface area (Å²) in [5, 5.41) is 18.3. The molecule has 0 spiro atoms. The molecule has 2 unspecified atom stereocenters. The first-order valence-corrected chi connectivity index (χ1v) is 6.10. The number of nitrogens with zero attached hydrogens (tertiary/aromatic N) is 2. The Morgan fingerprint density at radius 2 is 2.00 bits per heavy atom. The van der Waals surface area contributed by atoms with Gasteiger partial charge in [0.15, 0.2) is 0 Å². The van der Waals surface area contributed by atoms with Crippen LogP contribution in [-0.2, 0) is 4.79 Å². The van der Waals surface area contributed by atoms with Gasteiger partial charge in [-0.05, 0) is 27.2 Å². The predicted molar refractivity (Wildman–Crippen MR) is 66.2 cm³/mol. The molecule has 0 aliphatic carbocycles. The second kappa shape index (κ2) is 5.14. The molecular weight excluding hydrogens is 236 g/mol. The molecule has 0 radical (unpaired) electrons. The molecule has 1 aliphatic heterocycles. The number of rotatable bonds is 3. The van der Waals surface area contributed by atoms with Gasteiger partial charge in [0, 0.05) is 19.6 Å². The maximum atomic E-state index is 12.3. The first kappa shape index (κ1) is 14.8. The summed E-state index contributed by atoms with van der Waals surface area (Å²) in [7, 11) is 1.62. The number of hydrogen-bond acceptors (Lipinski definition) is 3. The summed E-state index contributed by atoms with van der Waals surface area (Å²) in [5.74, 6) is -1.36. The summed E-state index contributed by atoms with van der Waals surface area (Å²) >= 11 is 0. The molecule has 104 valence electrons. The van der Waals surface area contributed by atoms with Gasteiger partial charge in [0.05, 0.1) is 18.1 Å². The number of aliphatic hydroxyl groups excluding tert-OH is 1. The number of hydrogen-bond donors (Lipinski definition) is 2. The number of likely N-dealkylation sites (tertiary alicyclic amines) is 1. The van der Waals surface area contributed by atoms with E-state index in [1.165, 1.54) is 4.90 Å². The van der Waals surface area contributed by atoms with Crippen LogP contribution >= 0.6 is 0 Å². The third-order valence-electron chi connectivity index (χ3n) is 3.90. The number of aliphatic hydroxyl groups is 1. The lowest BCUT2D eigenvalue weighted by Gasteiger charge is -2.38. The first-order valence-electron chi connectivity index (χ1n) is 6.10. The second-order valence-corrected chi connectivity index (χ2v) is 5.48. The van der Waals surface area contributed by atoms with Gasteiger partial charge in [0.1, 0.15) is 0 Å². The van der Waals surface area contributed by atoms with Crippen molar-refractivity contribution in [1.82, 2.24) is 9.80 Å². The molecule has 1 rings (SSSR count). The van der Waals surface area contributed by atoms with Crippen molar-refractivity contribution in [1.29, 1.82) is 0 Å². The van der Waals surface area contributed by atoms with Gasteiger partial charge >= 0.3 is 12.0 Å². The summed E-state index contributed by atoms with van der Waals surface area (Å²) < 4.78 is 0. The summed E-state index contributed by atoms with van der Waals surface area (Å²) in [6.45, 7) is 5.59. The quantitative estimate of drug-likeness (QED) is 0.777. The van der Waals surface area contributed by atoms with Gasteiger partial charge in [-0.15, -0.1) is 0 Å². The molecule has 1 aliphatic rings. The van der Waals surface area contributed by atoms with Crippen LogP contribution in [0, 0.1) is 5.92 Å². The monoisotopic (exact) mass is 258 g/mol. The fourth-order valence-corrected chi connectivity index (χ4v) is 2.10. The van der Waals surface area contributed by atoms with Gasteiger partial charge in [-0.3, -0.25) is 4.79 Å². The van der Waals surface area contributed by atoms with Crippen LogP contribution in [0.5, 0.6) is 0 Å². The van der Waals surface area contributed by atoms with Gasteiger partial charge in [-0.1, -0.05) is 0 Å². The van der Waals surface area contributed by atoms with Gasteiger partial charge in [-0.25, -0.2) is 4.79 Å². The van der Waals surface area contributed by atoms with Crippen LogP contribution in [0.3, 0.4) is 0 Å². The predicted octanol–water partition coefficient (Wildman–Crippen LogP) is 0.604. The minimum atomic E-state index is -0.859. The molecule has 1 heterocycles. The van der Waals surface area contributed by atoms with E-state index in [2.05, 4.69) is 0 Å². The average Bonchev–Trinajstić information content (AvgIpc) is 2.69. The van der Waals surface area contributed by atoms with E-state index in [0.717, 1.165) is 0 Å². The Hall–Kier alpha value is -1.30. The zero-order valence-electron chi connectivity index (χ0n) is 11.4. The SMILES string of the molecule is CC1C(C(=O)O)CCN1C(=O)N(C)C(C)(C)CO. The van der Waals surface area contributed by atoms with Crippen molar-refractivity contribution in [2.75, 3.05) is 20.2 Å². The van der Waals surface area contributed by atoms with Gasteiger partial charge in [0.25, 0.3) is 0 Å². The lowest BCUT2D eigenvalue weighted by Crippen LogP contribution is -2.54. The molecular formula is C12H22N2O4. The van der Waals surface area contributed by atoms with Crippen molar-refractivity contribution in [3.63, 3.8) is 0 Å². The molecule has 2 atom stereocenters. The molecule has 18 heavy (non-hydrogen) atoms. The Bertz CT molecular complexity index is 343. The number of amides is 2. The summed E-state index contributed by atoms with van der Waals surface area (Å²) in [6.07, 6.45) is 0.482. The number of carboxylic acid groups (broad SMARTS) is 1. The molecule has 6 nitrogen and oxygen atoms in total. The Balaban J connectivity index is 2.78. The van der Waals surface area contributed by atoms with E-state index in [1.54, 1.807) is 32.7 Å². The second-order valence-electron chi connectivity index (χ2n) is 5.48. The number of carbonyl (C=O) groups excluding carboxylic acids is 1. The van der Waals surface area contributed by atoms with Gasteiger partial charge < -0.3 is 20.0 Å². The highest BCUT2D eigenvalue weighted by Gasteiger charge is 2.41. The van der Waals surface area contributed by atoms with E-state index in [1.807, 2.05) is 0 Å². The van der Waals surface area contributed by atoms with E-state index < -0.39 is 17.4 Å². The van der Waals surface area contributed by atoms with Crippen LogP contribution in [-0.4, -0.2) is 63.8 Å². The van der Waals surface area contributed by atoms with Crippen LogP contribution in [0.15, 0.2) is 0 Å². The third-order valence-corrected chi connectivity index (χ3v) is 3.90. The van der Waals surface area contributed by atoms with Crippen molar-refractivity contribution in [2.45, 2.75) is 38.8 Å². The van der Waals surface area contributed by atoms with Crippen LogP contribution in [0.25, 0.3) is 0 Å². The zero-order valence-corrected chi connectivity index (χ0v) is 11.4. The van der Waals surface area contributed by atoms with Crippen molar-refractivity contribution >= 4 is 12.0 Å².